The molecule has 0 spiro atoms. The third-order valence-electron chi connectivity index (χ3n) is 3.56. The third kappa shape index (κ3) is 2.14. The zero-order valence-corrected chi connectivity index (χ0v) is 12.7. The van der Waals surface area contributed by atoms with Crippen LogP contribution in [-0.2, 0) is 0 Å². The SMILES string of the molecule is CN(c1cccnc1)c1ccn2ncc(-c3ccsc3)c2n1. The van der Waals surface area contributed by atoms with Gasteiger partial charge in [0.05, 0.1) is 18.1 Å². The van der Waals surface area contributed by atoms with Gasteiger partial charge in [-0.15, -0.1) is 0 Å². The average molecular weight is 307 g/mol. The number of thiophene rings is 1. The van der Waals surface area contributed by atoms with Crippen LogP contribution < -0.4 is 4.90 Å². The van der Waals surface area contributed by atoms with E-state index in [-0.39, 0.29) is 0 Å². The summed E-state index contributed by atoms with van der Waals surface area (Å²) >= 11 is 1.67. The summed E-state index contributed by atoms with van der Waals surface area (Å²) in [5.41, 5.74) is 4.04. The minimum atomic E-state index is 0.853. The quantitative estimate of drug-likeness (QED) is 0.580. The van der Waals surface area contributed by atoms with E-state index in [1.807, 2.05) is 48.7 Å². The van der Waals surface area contributed by atoms with Crippen molar-refractivity contribution in [1.82, 2.24) is 19.6 Å². The Morgan fingerprint density at radius 2 is 2.14 bits per heavy atom. The van der Waals surface area contributed by atoms with Crippen molar-refractivity contribution in [3.05, 3.63) is 59.8 Å². The van der Waals surface area contributed by atoms with E-state index in [1.54, 1.807) is 22.0 Å². The molecule has 22 heavy (non-hydrogen) atoms. The van der Waals surface area contributed by atoms with Crippen LogP contribution in [0.25, 0.3) is 16.8 Å². The van der Waals surface area contributed by atoms with Gasteiger partial charge in [-0.2, -0.15) is 16.4 Å². The van der Waals surface area contributed by atoms with Crippen LogP contribution in [0.15, 0.2) is 59.8 Å². The molecule has 0 aliphatic carbocycles. The number of nitrogens with zero attached hydrogens (tertiary/aromatic N) is 5. The normalized spacial score (nSPS) is 11.0. The summed E-state index contributed by atoms with van der Waals surface area (Å²) in [4.78, 5) is 10.9. The molecule has 4 aromatic rings. The maximum atomic E-state index is 4.77. The van der Waals surface area contributed by atoms with Crippen LogP contribution in [0.3, 0.4) is 0 Å². The number of pyridine rings is 1. The molecule has 0 saturated carbocycles. The summed E-state index contributed by atoms with van der Waals surface area (Å²) in [6.07, 6.45) is 7.38. The van der Waals surface area contributed by atoms with Crippen LogP contribution in [0.5, 0.6) is 0 Å². The molecule has 0 amide bonds. The van der Waals surface area contributed by atoms with E-state index in [1.165, 1.54) is 0 Å². The highest BCUT2D eigenvalue weighted by Gasteiger charge is 2.11. The minimum absolute atomic E-state index is 0.853. The maximum Gasteiger partial charge on any atom is 0.165 e. The Kier molecular flexibility index (Phi) is 3.08. The van der Waals surface area contributed by atoms with Gasteiger partial charge in [-0.1, -0.05) is 0 Å². The van der Waals surface area contributed by atoms with E-state index in [9.17, 15) is 0 Å². The Balaban J connectivity index is 1.82. The molecular formula is C16H13N5S. The molecule has 108 valence electrons. The van der Waals surface area contributed by atoms with Crippen molar-refractivity contribution >= 4 is 28.5 Å². The second-order valence-corrected chi connectivity index (χ2v) is 5.67. The maximum absolute atomic E-state index is 4.77. The molecule has 0 radical (unpaired) electrons. The van der Waals surface area contributed by atoms with Gasteiger partial charge in [-0.3, -0.25) is 4.98 Å². The summed E-state index contributed by atoms with van der Waals surface area (Å²) in [5, 5.41) is 8.54. The van der Waals surface area contributed by atoms with Gasteiger partial charge in [0.2, 0.25) is 0 Å². The zero-order valence-electron chi connectivity index (χ0n) is 11.9. The minimum Gasteiger partial charge on any atom is -0.328 e. The number of aromatic nitrogens is 4. The Morgan fingerprint density at radius 3 is 2.91 bits per heavy atom. The van der Waals surface area contributed by atoms with Crippen molar-refractivity contribution in [1.29, 1.82) is 0 Å². The summed E-state index contributed by atoms with van der Waals surface area (Å²) in [6.45, 7) is 0. The molecule has 0 aromatic carbocycles. The fourth-order valence-electron chi connectivity index (χ4n) is 2.35. The number of hydrogen-bond acceptors (Lipinski definition) is 5. The Morgan fingerprint density at radius 1 is 1.18 bits per heavy atom. The van der Waals surface area contributed by atoms with E-state index in [0.717, 1.165) is 28.3 Å². The molecule has 4 rings (SSSR count). The molecule has 4 heterocycles. The van der Waals surface area contributed by atoms with Crippen molar-refractivity contribution in [3.63, 3.8) is 0 Å². The summed E-state index contributed by atoms with van der Waals surface area (Å²) < 4.78 is 1.80. The smallest absolute Gasteiger partial charge is 0.165 e. The summed E-state index contributed by atoms with van der Waals surface area (Å²) in [6, 6.07) is 7.96. The molecule has 0 fully saturated rings. The van der Waals surface area contributed by atoms with Gasteiger partial charge in [0.25, 0.3) is 0 Å². The van der Waals surface area contributed by atoms with E-state index in [0.29, 0.717) is 0 Å². The second kappa shape index (κ2) is 5.23. The van der Waals surface area contributed by atoms with Crippen LogP contribution in [0, 0.1) is 0 Å². The Hall–Kier alpha value is -2.73. The topological polar surface area (TPSA) is 46.3 Å². The zero-order chi connectivity index (χ0) is 14.9. The van der Waals surface area contributed by atoms with Gasteiger partial charge in [0.15, 0.2) is 5.65 Å². The van der Waals surface area contributed by atoms with Crippen LogP contribution >= 0.6 is 11.3 Å². The lowest BCUT2D eigenvalue weighted by molar-refractivity contribution is 0.933. The fraction of sp³-hybridized carbons (Fsp3) is 0.0625. The summed E-state index contributed by atoms with van der Waals surface area (Å²) in [7, 11) is 1.98. The van der Waals surface area contributed by atoms with Crippen LogP contribution in [-0.4, -0.2) is 26.6 Å². The molecule has 5 nitrogen and oxygen atoms in total. The number of anilines is 2. The highest BCUT2D eigenvalue weighted by molar-refractivity contribution is 7.08. The van der Waals surface area contributed by atoms with Crippen molar-refractivity contribution in [3.8, 4) is 11.1 Å². The fourth-order valence-corrected chi connectivity index (χ4v) is 3.01. The van der Waals surface area contributed by atoms with Gasteiger partial charge >= 0.3 is 0 Å². The Labute approximate surface area is 131 Å². The van der Waals surface area contributed by atoms with Gasteiger partial charge in [0, 0.05) is 25.0 Å². The molecule has 4 aromatic heterocycles. The van der Waals surface area contributed by atoms with Crippen molar-refractivity contribution < 1.29 is 0 Å². The first-order valence-electron chi connectivity index (χ1n) is 6.83. The number of fused-ring (bicyclic) bond motifs is 1. The summed E-state index contributed by atoms with van der Waals surface area (Å²) in [5.74, 6) is 0.859. The number of rotatable bonds is 3. The second-order valence-electron chi connectivity index (χ2n) is 4.89. The molecule has 6 heteroatoms. The highest BCUT2D eigenvalue weighted by Crippen LogP contribution is 2.27. The monoisotopic (exact) mass is 307 g/mol. The standard InChI is InChI=1S/C16H13N5S/c1-20(13-3-2-6-17-9-13)15-4-7-21-16(19-15)14(10-18-21)12-5-8-22-11-12/h2-11H,1H3. The number of hydrogen-bond donors (Lipinski definition) is 0. The van der Waals surface area contributed by atoms with Gasteiger partial charge in [-0.25, -0.2) is 9.50 Å². The van der Waals surface area contributed by atoms with Crippen LogP contribution in [0.2, 0.25) is 0 Å². The molecular weight excluding hydrogens is 294 g/mol. The van der Waals surface area contributed by atoms with Crippen molar-refractivity contribution in [2.24, 2.45) is 0 Å². The first-order chi connectivity index (χ1) is 10.8. The van der Waals surface area contributed by atoms with E-state index >= 15 is 0 Å². The van der Waals surface area contributed by atoms with Crippen molar-refractivity contribution in [2.45, 2.75) is 0 Å². The lowest BCUT2D eigenvalue weighted by atomic mass is 10.2. The van der Waals surface area contributed by atoms with Crippen LogP contribution in [0.1, 0.15) is 0 Å². The van der Waals surface area contributed by atoms with E-state index in [2.05, 4.69) is 26.9 Å². The van der Waals surface area contributed by atoms with Crippen LogP contribution in [0.4, 0.5) is 11.5 Å². The molecule has 0 aliphatic rings. The van der Waals surface area contributed by atoms with E-state index in [4.69, 9.17) is 4.98 Å². The first-order valence-corrected chi connectivity index (χ1v) is 7.78. The average Bonchev–Trinajstić information content (AvgIpc) is 3.23. The van der Waals surface area contributed by atoms with Gasteiger partial charge in [-0.05, 0) is 40.6 Å². The third-order valence-corrected chi connectivity index (χ3v) is 4.25. The van der Waals surface area contributed by atoms with E-state index < -0.39 is 0 Å². The van der Waals surface area contributed by atoms with Gasteiger partial charge in [0.1, 0.15) is 5.82 Å². The van der Waals surface area contributed by atoms with Gasteiger partial charge < -0.3 is 4.90 Å². The lowest BCUT2D eigenvalue weighted by Gasteiger charge is -2.17. The Bertz CT molecular complexity index is 899. The molecule has 0 saturated heterocycles. The molecule has 0 aliphatic heterocycles. The largest absolute Gasteiger partial charge is 0.328 e. The lowest BCUT2D eigenvalue weighted by Crippen LogP contribution is -2.12. The highest BCUT2D eigenvalue weighted by atomic mass is 32.1. The van der Waals surface area contributed by atoms with Crippen molar-refractivity contribution in [2.75, 3.05) is 11.9 Å². The first kappa shape index (κ1) is 13.0. The molecule has 0 bridgehead atoms. The predicted octanol–water partition coefficient (Wildman–Crippen LogP) is 3.62. The molecule has 0 unspecified atom stereocenters. The molecule has 0 atom stereocenters. The predicted molar refractivity (Wildman–Crippen MR) is 88.6 cm³/mol. The molecule has 0 N–H and O–H groups in total.